The molecule has 0 aliphatic carbocycles. The molecule has 0 aliphatic heterocycles. The van der Waals surface area contributed by atoms with E-state index in [-0.39, 0.29) is 10.9 Å². The smallest absolute Gasteiger partial charge is 0.180 e. The third kappa shape index (κ3) is 2.42. The van der Waals surface area contributed by atoms with Crippen LogP contribution in [0.25, 0.3) is 0 Å². The van der Waals surface area contributed by atoms with Crippen molar-refractivity contribution in [1.82, 2.24) is 4.98 Å². The van der Waals surface area contributed by atoms with Crippen molar-refractivity contribution in [2.75, 3.05) is 5.73 Å². The number of nitrogens with two attached hydrogens (primary N) is 1. The second kappa shape index (κ2) is 4.63. The van der Waals surface area contributed by atoms with Crippen LogP contribution < -0.4 is 5.73 Å². The van der Waals surface area contributed by atoms with E-state index in [1.54, 1.807) is 12.1 Å². The molecule has 0 amide bonds. The van der Waals surface area contributed by atoms with Gasteiger partial charge in [-0.3, -0.25) is 0 Å². The number of benzene rings is 1. The minimum absolute atomic E-state index is 0.114. The number of thiazole rings is 1. The number of halogens is 2. The second-order valence-corrected chi connectivity index (χ2v) is 5.37. The third-order valence-corrected chi connectivity index (χ3v) is 4.14. The van der Waals surface area contributed by atoms with Gasteiger partial charge in [-0.25, -0.2) is 9.37 Å². The first-order valence-electron chi connectivity index (χ1n) is 5.16. The van der Waals surface area contributed by atoms with Gasteiger partial charge in [-0.15, -0.1) is 11.3 Å². The molecule has 2 N–H and O–H groups in total. The molecule has 1 unspecified atom stereocenters. The fraction of sp³-hybridized carbons (Fsp3) is 0.250. The van der Waals surface area contributed by atoms with Crippen LogP contribution in [-0.4, -0.2) is 4.98 Å². The van der Waals surface area contributed by atoms with Crippen LogP contribution in [0.5, 0.6) is 0 Å². The molecule has 0 bridgehead atoms. The Hall–Kier alpha value is -1.13. The maximum atomic E-state index is 13.1. The van der Waals surface area contributed by atoms with Gasteiger partial charge >= 0.3 is 0 Å². The molecule has 90 valence electrons. The molecular weight excluding hydrogens is 259 g/mol. The van der Waals surface area contributed by atoms with E-state index < -0.39 is 5.82 Å². The third-order valence-electron chi connectivity index (χ3n) is 2.69. The maximum absolute atomic E-state index is 13.1. The van der Waals surface area contributed by atoms with Crippen LogP contribution in [0.2, 0.25) is 5.02 Å². The van der Waals surface area contributed by atoms with Gasteiger partial charge in [-0.1, -0.05) is 24.6 Å². The van der Waals surface area contributed by atoms with E-state index in [1.165, 1.54) is 17.4 Å². The first-order valence-corrected chi connectivity index (χ1v) is 6.36. The van der Waals surface area contributed by atoms with E-state index in [9.17, 15) is 4.39 Å². The average Bonchev–Trinajstić information content (AvgIpc) is 2.61. The number of hydrogen-bond acceptors (Lipinski definition) is 3. The fourth-order valence-corrected chi connectivity index (χ4v) is 2.87. The largest absolute Gasteiger partial charge is 0.375 e. The van der Waals surface area contributed by atoms with Gasteiger partial charge in [0.25, 0.3) is 0 Å². The molecule has 5 heteroatoms. The van der Waals surface area contributed by atoms with Gasteiger partial charge in [0, 0.05) is 10.8 Å². The van der Waals surface area contributed by atoms with Gasteiger partial charge in [-0.2, -0.15) is 0 Å². The highest BCUT2D eigenvalue weighted by Gasteiger charge is 2.16. The summed E-state index contributed by atoms with van der Waals surface area (Å²) in [6, 6.07) is 4.77. The molecule has 0 spiro atoms. The van der Waals surface area contributed by atoms with Crippen molar-refractivity contribution in [1.29, 1.82) is 0 Å². The number of nitrogen functional groups attached to an aromatic ring is 1. The first kappa shape index (κ1) is 12.3. The molecule has 1 aromatic heterocycles. The van der Waals surface area contributed by atoms with Gasteiger partial charge in [0.2, 0.25) is 0 Å². The van der Waals surface area contributed by atoms with Crippen LogP contribution in [-0.2, 0) is 0 Å². The first-order chi connectivity index (χ1) is 7.99. The van der Waals surface area contributed by atoms with Crippen molar-refractivity contribution < 1.29 is 4.39 Å². The van der Waals surface area contributed by atoms with Crippen LogP contribution in [0.3, 0.4) is 0 Å². The van der Waals surface area contributed by atoms with E-state index >= 15 is 0 Å². The van der Waals surface area contributed by atoms with E-state index in [0.29, 0.717) is 5.13 Å². The Morgan fingerprint density at radius 2 is 2.18 bits per heavy atom. The molecule has 17 heavy (non-hydrogen) atoms. The van der Waals surface area contributed by atoms with Crippen LogP contribution >= 0.6 is 22.9 Å². The molecule has 0 radical (unpaired) electrons. The number of nitrogens with zero attached hydrogens (tertiary/aromatic N) is 1. The number of aromatic nitrogens is 1. The lowest BCUT2D eigenvalue weighted by Crippen LogP contribution is -1.96. The van der Waals surface area contributed by atoms with Crippen LogP contribution in [0.1, 0.15) is 29.0 Å². The predicted octanol–water partition coefficient (Wildman–Crippen LogP) is 3.98. The van der Waals surface area contributed by atoms with Gasteiger partial charge in [0.15, 0.2) is 5.13 Å². The fourth-order valence-electron chi connectivity index (χ4n) is 1.76. The SMILES string of the molecule is Cc1nc(N)sc1C(C)c1ccc(F)c(Cl)c1. The van der Waals surface area contributed by atoms with E-state index in [0.717, 1.165) is 16.1 Å². The normalized spacial score (nSPS) is 12.7. The molecule has 0 saturated heterocycles. The topological polar surface area (TPSA) is 38.9 Å². The molecule has 0 aliphatic rings. The summed E-state index contributed by atoms with van der Waals surface area (Å²) in [5.41, 5.74) is 7.55. The Morgan fingerprint density at radius 1 is 1.47 bits per heavy atom. The van der Waals surface area contributed by atoms with Crippen molar-refractivity contribution in [2.45, 2.75) is 19.8 Å². The second-order valence-electron chi connectivity index (χ2n) is 3.90. The molecule has 2 aromatic rings. The number of aryl methyl sites for hydroxylation is 1. The number of hydrogen-bond donors (Lipinski definition) is 1. The van der Waals surface area contributed by atoms with Crippen LogP contribution in [0, 0.1) is 12.7 Å². The average molecular weight is 271 g/mol. The quantitative estimate of drug-likeness (QED) is 0.896. The van der Waals surface area contributed by atoms with Gasteiger partial charge < -0.3 is 5.73 Å². The maximum Gasteiger partial charge on any atom is 0.180 e. The Morgan fingerprint density at radius 3 is 2.71 bits per heavy atom. The van der Waals surface area contributed by atoms with Crippen molar-refractivity contribution in [3.8, 4) is 0 Å². The molecule has 2 nitrogen and oxygen atoms in total. The summed E-state index contributed by atoms with van der Waals surface area (Å²) in [6.45, 7) is 3.95. The lowest BCUT2D eigenvalue weighted by molar-refractivity contribution is 0.627. The zero-order valence-corrected chi connectivity index (χ0v) is 11.1. The zero-order valence-electron chi connectivity index (χ0n) is 9.50. The molecule has 1 aromatic carbocycles. The van der Waals surface area contributed by atoms with Gasteiger partial charge in [0.1, 0.15) is 5.82 Å². The Labute approximate surface area is 108 Å². The Kier molecular flexibility index (Phi) is 3.35. The highest BCUT2D eigenvalue weighted by atomic mass is 35.5. The van der Waals surface area contributed by atoms with Crippen LogP contribution in [0.4, 0.5) is 9.52 Å². The van der Waals surface area contributed by atoms with E-state index in [2.05, 4.69) is 4.98 Å². The molecule has 2 rings (SSSR count). The summed E-state index contributed by atoms with van der Waals surface area (Å²) in [6.07, 6.45) is 0. The number of anilines is 1. The standard InChI is InChI=1S/C12H12ClFN2S/c1-6(11-7(2)16-12(15)17-11)8-3-4-10(14)9(13)5-8/h3-6H,1-2H3,(H2,15,16). The predicted molar refractivity (Wildman–Crippen MR) is 70.2 cm³/mol. The molecule has 0 saturated carbocycles. The van der Waals surface area contributed by atoms with E-state index in [1.807, 2.05) is 13.8 Å². The number of rotatable bonds is 2. The lowest BCUT2D eigenvalue weighted by atomic mass is 9.99. The Bertz CT molecular complexity index is 553. The summed E-state index contributed by atoms with van der Waals surface area (Å²) >= 11 is 7.24. The minimum atomic E-state index is -0.400. The minimum Gasteiger partial charge on any atom is -0.375 e. The van der Waals surface area contributed by atoms with E-state index in [4.69, 9.17) is 17.3 Å². The van der Waals surface area contributed by atoms with Crippen molar-refractivity contribution in [2.24, 2.45) is 0 Å². The van der Waals surface area contributed by atoms with Gasteiger partial charge in [0.05, 0.1) is 10.7 Å². The lowest BCUT2D eigenvalue weighted by Gasteiger charge is -2.11. The summed E-state index contributed by atoms with van der Waals surface area (Å²) in [5.74, 6) is -0.286. The van der Waals surface area contributed by atoms with Gasteiger partial charge in [-0.05, 0) is 24.6 Å². The molecule has 1 heterocycles. The monoisotopic (exact) mass is 270 g/mol. The summed E-state index contributed by atoms with van der Waals surface area (Å²) in [4.78, 5) is 5.27. The summed E-state index contributed by atoms with van der Waals surface area (Å²) < 4.78 is 13.1. The van der Waals surface area contributed by atoms with Crippen molar-refractivity contribution >= 4 is 28.1 Å². The Balaban J connectivity index is 2.40. The molecule has 1 atom stereocenters. The van der Waals surface area contributed by atoms with Crippen LogP contribution in [0.15, 0.2) is 18.2 Å². The summed E-state index contributed by atoms with van der Waals surface area (Å²) in [5, 5.41) is 0.696. The summed E-state index contributed by atoms with van der Waals surface area (Å²) in [7, 11) is 0. The highest BCUT2D eigenvalue weighted by Crippen LogP contribution is 2.33. The highest BCUT2D eigenvalue weighted by molar-refractivity contribution is 7.15. The molecule has 0 fully saturated rings. The molecular formula is C12H12ClFN2S. The zero-order chi connectivity index (χ0) is 12.6. The van der Waals surface area contributed by atoms with Crippen molar-refractivity contribution in [3.63, 3.8) is 0 Å². The van der Waals surface area contributed by atoms with Crippen molar-refractivity contribution in [3.05, 3.63) is 45.2 Å².